The molecule has 46 valence electrons. The minimum absolute atomic E-state index is 0. The molecule has 0 saturated carbocycles. The van der Waals surface area contributed by atoms with Crippen molar-refractivity contribution in [1.82, 2.24) is 12.3 Å². The molecule has 6 N–H and O–H groups in total. The molecule has 4 heteroatoms. The van der Waals surface area contributed by atoms with Gasteiger partial charge < -0.3 is 12.3 Å². The third-order valence-electron chi connectivity index (χ3n) is 0. The van der Waals surface area contributed by atoms with Crippen LogP contribution in [0.15, 0.2) is 13.2 Å². The molecule has 0 amide bonds. The molecule has 0 radical (unpaired) electrons. The molecule has 0 saturated heterocycles. The maximum Gasteiger partial charge on any atom is 0 e. The molecule has 2 nitrogen and oxygen atoms in total. The van der Waals surface area contributed by atoms with E-state index in [0.717, 1.165) is 0 Å². The van der Waals surface area contributed by atoms with Gasteiger partial charge in [0.15, 0.2) is 0 Å². The van der Waals surface area contributed by atoms with Gasteiger partial charge in [-0.1, -0.05) is 0 Å². The summed E-state index contributed by atoms with van der Waals surface area (Å²) in [6.07, 6.45) is 0. The monoisotopic (exact) mass is 204 g/mol. The maximum atomic E-state index is 3.00. The standard InChI is InChI=1S/C2H4.ClH.2H3N.Pd/c1-2;;;;/h1-2H2;1H;2*1H3;. The zero-order chi connectivity index (χ0) is 2.00. The molecule has 0 bridgehead atoms. The molecule has 0 fully saturated rings. The van der Waals surface area contributed by atoms with Crippen LogP contribution in [0.2, 0.25) is 0 Å². The Kier molecular flexibility index (Phi) is 4250. The number of halogens is 1. The first-order valence-corrected chi connectivity index (χ1v) is 0.500. The zero-order valence-electron chi connectivity index (χ0n) is 3.55. The maximum absolute atomic E-state index is 3.00. The summed E-state index contributed by atoms with van der Waals surface area (Å²) in [6.45, 7) is 6.00. The number of hydrogen-bond donors (Lipinski definition) is 2. The second kappa shape index (κ2) is 318. The van der Waals surface area contributed by atoms with Gasteiger partial charge in [0.25, 0.3) is 0 Å². The molecule has 0 aliphatic carbocycles. The van der Waals surface area contributed by atoms with Crippen molar-refractivity contribution in [2.24, 2.45) is 0 Å². The smallest absolute Gasteiger partial charge is 0 e. The van der Waals surface area contributed by atoms with Gasteiger partial charge in [0.1, 0.15) is 0 Å². The van der Waals surface area contributed by atoms with Gasteiger partial charge >= 0.3 is 0 Å². The molecule has 0 aliphatic heterocycles. The topological polar surface area (TPSA) is 70.0 Å². The number of rotatable bonds is 0. The molecule has 0 unspecified atom stereocenters. The van der Waals surface area contributed by atoms with E-state index in [2.05, 4.69) is 13.2 Å². The van der Waals surface area contributed by atoms with Gasteiger partial charge in [-0.3, -0.25) is 0 Å². The molecular weight excluding hydrogens is 194 g/mol. The van der Waals surface area contributed by atoms with Crippen LogP contribution in [0.1, 0.15) is 0 Å². The van der Waals surface area contributed by atoms with Gasteiger partial charge in [-0.05, 0) is 0 Å². The molecule has 0 spiro atoms. The molecule has 0 atom stereocenters. The summed E-state index contributed by atoms with van der Waals surface area (Å²) in [7, 11) is 0. The van der Waals surface area contributed by atoms with Crippen molar-refractivity contribution in [3.8, 4) is 0 Å². The van der Waals surface area contributed by atoms with E-state index in [1.54, 1.807) is 0 Å². The van der Waals surface area contributed by atoms with E-state index in [-0.39, 0.29) is 45.1 Å². The van der Waals surface area contributed by atoms with Crippen molar-refractivity contribution in [1.29, 1.82) is 0 Å². The van der Waals surface area contributed by atoms with E-state index in [1.807, 2.05) is 0 Å². The van der Waals surface area contributed by atoms with Crippen molar-refractivity contribution in [3.63, 3.8) is 0 Å². The minimum atomic E-state index is 0. The molecule has 0 aliphatic rings. The Balaban J connectivity index is -0.000000000833. The third-order valence-corrected chi connectivity index (χ3v) is 0. The minimum Gasteiger partial charge on any atom is -0.344 e. The van der Waals surface area contributed by atoms with E-state index in [4.69, 9.17) is 0 Å². The Morgan fingerprint density at radius 1 is 0.833 bits per heavy atom. The summed E-state index contributed by atoms with van der Waals surface area (Å²) in [6, 6.07) is 0. The van der Waals surface area contributed by atoms with Gasteiger partial charge in [0.2, 0.25) is 0 Å². The summed E-state index contributed by atoms with van der Waals surface area (Å²) in [4.78, 5) is 0. The summed E-state index contributed by atoms with van der Waals surface area (Å²) < 4.78 is 0. The fourth-order valence-electron chi connectivity index (χ4n) is 0. The van der Waals surface area contributed by atoms with Gasteiger partial charge in [0.05, 0.1) is 0 Å². The van der Waals surface area contributed by atoms with Gasteiger partial charge in [-0.15, -0.1) is 25.6 Å². The van der Waals surface area contributed by atoms with Crippen molar-refractivity contribution >= 4 is 12.4 Å². The molecular formula is C2H11ClN2Pd. The van der Waals surface area contributed by atoms with Crippen molar-refractivity contribution in [3.05, 3.63) is 13.2 Å². The second-order valence-electron chi connectivity index (χ2n) is 0. The van der Waals surface area contributed by atoms with Crippen LogP contribution in [-0.4, -0.2) is 0 Å². The Morgan fingerprint density at radius 3 is 0.833 bits per heavy atom. The zero-order valence-corrected chi connectivity index (χ0v) is 5.92. The van der Waals surface area contributed by atoms with Crippen LogP contribution in [0, 0.1) is 0 Å². The summed E-state index contributed by atoms with van der Waals surface area (Å²) in [5, 5.41) is 0. The second-order valence-corrected chi connectivity index (χ2v) is 0. The molecule has 0 aromatic heterocycles. The van der Waals surface area contributed by atoms with E-state index < -0.39 is 0 Å². The first-order valence-electron chi connectivity index (χ1n) is 0.500. The van der Waals surface area contributed by atoms with Crippen molar-refractivity contribution < 1.29 is 20.4 Å². The molecule has 6 heavy (non-hydrogen) atoms. The molecule has 0 aromatic rings. The SMILES string of the molecule is C=C.Cl.N.N.[Pd]. The van der Waals surface area contributed by atoms with E-state index in [9.17, 15) is 0 Å². The Hall–Kier alpha value is 0.612. The quantitative estimate of drug-likeness (QED) is 0.465. The first kappa shape index (κ1) is 80.1. The Bertz CT molecular complexity index is 11.5. The Labute approximate surface area is 58.6 Å². The fraction of sp³-hybridized carbons (Fsp3) is 0. The third kappa shape index (κ3) is 161. The number of hydrogen-bond acceptors (Lipinski definition) is 2. The Morgan fingerprint density at radius 2 is 0.833 bits per heavy atom. The van der Waals surface area contributed by atoms with E-state index >= 15 is 0 Å². The largest absolute Gasteiger partial charge is 0.344 e. The normalized spacial score (nSPS) is 0.667. The van der Waals surface area contributed by atoms with Crippen LogP contribution in [-0.2, 0) is 20.4 Å². The predicted molar refractivity (Wildman–Crippen MR) is 28.5 cm³/mol. The fourth-order valence-corrected chi connectivity index (χ4v) is 0. The summed E-state index contributed by atoms with van der Waals surface area (Å²) in [5.74, 6) is 0. The van der Waals surface area contributed by atoms with Crippen LogP contribution in [0.4, 0.5) is 0 Å². The molecule has 0 heterocycles. The predicted octanol–water partition coefficient (Wildman–Crippen LogP) is 1.55. The summed E-state index contributed by atoms with van der Waals surface area (Å²) >= 11 is 0. The average molecular weight is 205 g/mol. The van der Waals surface area contributed by atoms with Crippen molar-refractivity contribution in [2.75, 3.05) is 0 Å². The van der Waals surface area contributed by atoms with Crippen LogP contribution >= 0.6 is 12.4 Å². The van der Waals surface area contributed by atoms with Crippen LogP contribution < -0.4 is 12.3 Å². The van der Waals surface area contributed by atoms with Crippen molar-refractivity contribution in [2.45, 2.75) is 0 Å². The van der Waals surface area contributed by atoms with Gasteiger partial charge in [-0.2, -0.15) is 0 Å². The van der Waals surface area contributed by atoms with E-state index in [0.29, 0.717) is 0 Å². The molecule has 0 aromatic carbocycles. The first-order chi connectivity index (χ1) is 1.00. The van der Waals surface area contributed by atoms with Crippen LogP contribution in [0.3, 0.4) is 0 Å². The van der Waals surface area contributed by atoms with Crippen LogP contribution in [0.5, 0.6) is 0 Å². The van der Waals surface area contributed by atoms with Crippen LogP contribution in [0.25, 0.3) is 0 Å². The summed E-state index contributed by atoms with van der Waals surface area (Å²) in [5.41, 5.74) is 0. The molecule has 0 rings (SSSR count). The van der Waals surface area contributed by atoms with Gasteiger partial charge in [-0.25, -0.2) is 0 Å². The van der Waals surface area contributed by atoms with Gasteiger partial charge in [0, 0.05) is 20.4 Å². The average Bonchev–Trinajstić information content (AvgIpc) is 1.00. The van der Waals surface area contributed by atoms with E-state index in [1.165, 1.54) is 0 Å².